The van der Waals surface area contributed by atoms with Gasteiger partial charge in [0.1, 0.15) is 5.69 Å². The fourth-order valence-corrected chi connectivity index (χ4v) is 6.93. The number of rotatable bonds is 19. The lowest BCUT2D eigenvalue weighted by Gasteiger charge is -2.25. The van der Waals surface area contributed by atoms with Crippen LogP contribution in [0.15, 0.2) is 108 Å². The van der Waals surface area contributed by atoms with Crippen molar-refractivity contribution in [2.24, 2.45) is 0 Å². The number of nitrogens with zero attached hydrogens (tertiary/aromatic N) is 4. The molecule has 1 amide bonds. The number of amides is 1. The van der Waals surface area contributed by atoms with Gasteiger partial charge in [-0.3, -0.25) is 19.6 Å². The van der Waals surface area contributed by atoms with E-state index in [0.717, 1.165) is 43.1 Å². The van der Waals surface area contributed by atoms with Crippen LogP contribution in [0.5, 0.6) is 0 Å². The molecule has 0 unspecified atom stereocenters. The summed E-state index contributed by atoms with van der Waals surface area (Å²) >= 11 is 0. The van der Waals surface area contributed by atoms with Crippen LogP contribution in [0.25, 0.3) is 0 Å². The van der Waals surface area contributed by atoms with Crippen LogP contribution >= 0.6 is 0 Å². The molecule has 2 N–H and O–H groups in total. The normalized spacial score (nSPS) is 11.6. The van der Waals surface area contributed by atoms with Crippen molar-refractivity contribution in [3.8, 4) is 0 Å². The first kappa shape index (κ1) is 38.0. The van der Waals surface area contributed by atoms with Gasteiger partial charge in [-0.1, -0.05) is 72.8 Å². The minimum Gasteiger partial charge on any atom is -0.379 e. The van der Waals surface area contributed by atoms with Gasteiger partial charge in [0.15, 0.2) is 0 Å². The second kappa shape index (κ2) is 18.3. The Labute approximate surface area is 296 Å². The molecular formula is C38H48N6O5S. The van der Waals surface area contributed by atoms with Gasteiger partial charge in [0.25, 0.3) is 21.6 Å². The first-order valence-corrected chi connectivity index (χ1v) is 18.3. The number of benzene rings is 4. The van der Waals surface area contributed by atoms with Crippen molar-refractivity contribution < 1.29 is 18.1 Å². The molecule has 4 aromatic rings. The van der Waals surface area contributed by atoms with Gasteiger partial charge >= 0.3 is 0 Å². The SMILES string of the molecule is CN(C)CCCN(CCCN(C)C)C(=O)c1ccccc1NS(=O)(=O)c1ccc(NCCC(c2ccccc2)c2ccccc2)c([N+](=O)[O-])c1. The summed E-state index contributed by atoms with van der Waals surface area (Å²) in [7, 11) is 3.60. The number of sulfonamides is 1. The first-order valence-electron chi connectivity index (χ1n) is 16.8. The predicted molar refractivity (Wildman–Crippen MR) is 200 cm³/mol. The molecule has 4 rings (SSSR count). The Morgan fingerprint density at radius 3 is 1.82 bits per heavy atom. The molecule has 0 atom stereocenters. The summed E-state index contributed by atoms with van der Waals surface area (Å²) in [6.45, 7) is 3.05. The molecule has 0 saturated carbocycles. The number of carbonyl (C=O) groups is 1. The van der Waals surface area contributed by atoms with E-state index in [1.54, 1.807) is 23.1 Å². The van der Waals surface area contributed by atoms with E-state index in [1.165, 1.54) is 18.2 Å². The molecule has 0 saturated heterocycles. The number of nitrogens with one attached hydrogen (secondary N) is 2. The van der Waals surface area contributed by atoms with Crippen molar-refractivity contribution in [2.45, 2.75) is 30.1 Å². The highest BCUT2D eigenvalue weighted by Gasteiger charge is 2.25. The van der Waals surface area contributed by atoms with Crippen LogP contribution in [0.3, 0.4) is 0 Å². The van der Waals surface area contributed by atoms with Crippen molar-refractivity contribution in [1.82, 2.24) is 14.7 Å². The van der Waals surface area contributed by atoms with E-state index >= 15 is 0 Å². The van der Waals surface area contributed by atoms with E-state index in [1.807, 2.05) is 64.6 Å². The monoisotopic (exact) mass is 700 g/mol. The van der Waals surface area contributed by atoms with Crippen LogP contribution in [-0.4, -0.2) is 94.9 Å². The van der Waals surface area contributed by atoms with Gasteiger partial charge in [-0.15, -0.1) is 0 Å². The van der Waals surface area contributed by atoms with Crippen LogP contribution in [0.2, 0.25) is 0 Å². The average molecular weight is 701 g/mol. The number of hydrogen-bond acceptors (Lipinski definition) is 8. The first-order chi connectivity index (χ1) is 24.0. The van der Waals surface area contributed by atoms with Crippen molar-refractivity contribution in [3.05, 3.63) is 130 Å². The van der Waals surface area contributed by atoms with Crippen LogP contribution in [-0.2, 0) is 10.0 Å². The minimum absolute atomic E-state index is 0.0625. The predicted octanol–water partition coefficient (Wildman–Crippen LogP) is 6.38. The molecular weight excluding hydrogens is 653 g/mol. The Morgan fingerprint density at radius 2 is 1.28 bits per heavy atom. The smallest absolute Gasteiger partial charge is 0.293 e. The average Bonchev–Trinajstić information content (AvgIpc) is 3.09. The van der Waals surface area contributed by atoms with Gasteiger partial charge in [-0.25, -0.2) is 8.42 Å². The zero-order valence-electron chi connectivity index (χ0n) is 29.3. The summed E-state index contributed by atoms with van der Waals surface area (Å²) in [5, 5.41) is 15.3. The zero-order valence-corrected chi connectivity index (χ0v) is 30.1. The Morgan fingerprint density at radius 1 is 0.740 bits per heavy atom. The van der Waals surface area contributed by atoms with E-state index in [9.17, 15) is 23.3 Å². The largest absolute Gasteiger partial charge is 0.379 e. The standard InChI is InChI=1S/C38H48N6O5S/c1-41(2)25-13-27-43(28-14-26-42(3)4)38(45)34-19-11-12-20-35(34)40-50(48,49)32-21-22-36(37(29-32)44(46)47)39-24-23-33(30-15-7-5-8-16-30)31-17-9-6-10-18-31/h5-12,15-22,29,33,39-40H,13-14,23-28H2,1-4H3. The lowest BCUT2D eigenvalue weighted by Crippen LogP contribution is -2.36. The van der Waals surface area contributed by atoms with E-state index < -0.39 is 14.9 Å². The third kappa shape index (κ3) is 10.9. The van der Waals surface area contributed by atoms with Gasteiger partial charge in [0, 0.05) is 31.6 Å². The summed E-state index contributed by atoms with van der Waals surface area (Å²) < 4.78 is 29.8. The van der Waals surface area contributed by atoms with Crippen molar-refractivity contribution >= 4 is 33.0 Å². The molecule has 266 valence electrons. The fraction of sp³-hybridized carbons (Fsp3) is 0.342. The van der Waals surface area contributed by atoms with Crippen LogP contribution in [0, 0.1) is 10.1 Å². The third-order valence-corrected chi connectivity index (χ3v) is 9.75. The van der Waals surface area contributed by atoms with Crippen molar-refractivity contribution in [1.29, 1.82) is 0 Å². The molecule has 0 aliphatic carbocycles. The van der Waals surface area contributed by atoms with Gasteiger partial charge < -0.3 is 20.0 Å². The number of anilines is 2. The summed E-state index contributed by atoms with van der Waals surface area (Å²) in [5.74, 6) is -0.219. The van der Waals surface area contributed by atoms with E-state index in [-0.39, 0.29) is 39.3 Å². The topological polar surface area (TPSA) is 128 Å². The summed E-state index contributed by atoms with van der Waals surface area (Å²) in [5.41, 5.74) is 2.44. The Balaban J connectivity index is 1.52. The molecule has 12 heteroatoms. The molecule has 4 aromatic carbocycles. The number of nitro benzene ring substituents is 1. The molecule has 0 fully saturated rings. The second-order valence-electron chi connectivity index (χ2n) is 12.8. The summed E-state index contributed by atoms with van der Waals surface area (Å²) in [6, 6.07) is 30.4. The van der Waals surface area contributed by atoms with E-state index in [2.05, 4.69) is 44.1 Å². The lowest BCUT2D eigenvalue weighted by atomic mass is 9.88. The van der Waals surface area contributed by atoms with Crippen LogP contribution in [0.4, 0.5) is 17.1 Å². The number of nitro groups is 1. The van der Waals surface area contributed by atoms with Crippen molar-refractivity contribution in [3.63, 3.8) is 0 Å². The summed E-state index contributed by atoms with van der Waals surface area (Å²) in [4.78, 5) is 31.0. The highest BCUT2D eigenvalue weighted by Crippen LogP contribution is 2.32. The fourth-order valence-electron chi connectivity index (χ4n) is 5.83. The van der Waals surface area contributed by atoms with Crippen LogP contribution < -0.4 is 10.0 Å². The quantitative estimate of drug-likeness (QED) is 0.0853. The van der Waals surface area contributed by atoms with Gasteiger partial charge in [-0.05, 0) is 95.9 Å². The summed E-state index contributed by atoms with van der Waals surface area (Å²) in [6.07, 6.45) is 2.18. The number of carbonyl (C=O) groups excluding carboxylic acids is 1. The molecule has 11 nitrogen and oxygen atoms in total. The van der Waals surface area contributed by atoms with Gasteiger partial charge in [-0.2, -0.15) is 0 Å². The lowest BCUT2D eigenvalue weighted by molar-refractivity contribution is -0.384. The molecule has 0 aliphatic rings. The maximum Gasteiger partial charge on any atom is 0.293 e. The van der Waals surface area contributed by atoms with Crippen molar-refractivity contribution in [2.75, 3.05) is 71.0 Å². The highest BCUT2D eigenvalue weighted by atomic mass is 32.2. The van der Waals surface area contributed by atoms with Gasteiger partial charge in [0.2, 0.25) is 0 Å². The molecule has 0 heterocycles. The zero-order chi connectivity index (χ0) is 36.1. The Kier molecular flexibility index (Phi) is 13.9. The Bertz CT molecular complexity index is 1750. The number of hydrogen-bond donors (Lipinski definition) is 2. The van der Waals surface area contributed by atoms with Crippen LogP contribution in [0.1, 0.15) is 46.7 Å². The van der Waals surface area contributed by atoms with Gasteiger partial charge in [0.05, 0.1) is 21.1 Å². The van der Waals surface area contributed by atoms with E-state index in [0.29, 0.717) is 26.1 Å². The molecule has 0 bridgehead atoms. The highest BCUT2D eigenvalue weighted by molar-refractivity contribution is 7.92. The molecule has 0 aliphatic heterocycles. The molecule has 0 spiro atoms. The molecule has 50 heavy (non-hydrogen) atoms. The molecule has 0 aromatic heterocycles. The second-order valence-corrected chi connectivity index (χ2v) is 14.5. The Hall–Kier alpha value is -4.78. The van der Waals surface area contributed by atoms with E-state index in [4.69, 9.17) is 0 Å². The maximum atomic E-state index is 13.8. The third-order valence-electron chi connectivity index (χ3n) is 8.38. The molecule has 0 radical (unpaired) electrons. The number of para-hydroxylation sites is 1. The maximum absolute atomic E-state index is 13.8. The minimum atomic E-state index is -4.30.